The van der Waals surface area contributed by atoms with Crippen LogP contribution in [0.5, 0.6) is 5.75 Å². The molecule has 0 bridgehead atoms. The normalized spacial score (nSPS) is 14.2. The number of nitrogens with zero attached hydrogens (tertiary/aromatic N) is 1. The molecule has 4 atom stereocenters. The molecule has 12 nitrogen and oxygen atoms in total. The number of nitrogens with two attached hydrogens (primary N) is 1. The van der Waals surface area contributed by atoms with Crippen molar-refractivity contribution in [1.29, 1.82) is 0 Å². The smallest absolute Gasteiger partial charge is 0.326 e. The Bertz CT molecular complexity index is 1060. The monoisotopic (exact) mass is 548 g/mol. The quantitative estimate of drug-likeness (QED) is 0.162. The predicted octanol–water partition coefficient (Wildman–Crippen LogP) is 0.176. The fourth-order valence-corrected chi connectivity index (χ4v) is 3.98. The van der Waals surface area contributed by atoms with E-state index in [0.717, 1.165) is 0 Å². The lowest BCUT2D eigenvalue weighted by molar-refractivity contribution is -0.142. The molecule has 2 rings (SSSR count). The number of phenols is 1. The van der Waals surface area contributed by atoms with E-state index < -0.39 is 47.9 Å². The third kappa shape index (κ3) is 9.71. The van der Waals surface area contributed by atoms with Gasteiger partial charge < -0.3 is 36.9 Å². The van der Waals surface area contributed by atoms with Gasteiger partial charge in [-0.1, -0.05) is 26.0 Å². The zero-order valence-corrected chi connectivity index (χ0v) is 22.5. The van der Waals surface area contributed by atoms with Crippen LogP contribution >= 0.6 is 11.8 Å². The first-order valence-electron chi connectivity index (χ1n) is 12.1. The summed E-state index contributed by atoms with van der Waals surface area (Å²) in [6.45, 7) is 3.59. The summed E-state index contributed by atoms with van der Waals surface area (Å²) in [5.41, 5.74) is 7.07. The Morgan fingerprint density at radius 2 is 1.58 bits per heavy atom. The van der Waals surface area contributed by atoms with Crippen molar-refractivity contribution in [3.8, 4) is 5.75 Å². The van der Waals surface area contributed by atoms with E-state index in [9.17, 15) is 29.4 Å². The number of aromatic nitrogens is 2. The first-order chi connectivity index (χ1) is 18.0. The Morgan fingerprint density at radius 1 is 0.974 bits per heavy atom. The number of aromatic amines is 1. The highest BCUT2D eigenvalue weighted by Crippen LogP contribution is 2.12. The third-order valence-electron chi connectivity index (χ3n) is 5.87. The summed E-state index contributed by atoms with van der Waals surface area (Å²) in [6.07, 6.45) is 5.06. The van der Waals surface area contributed by atoms with Gasteiger partial charge in [0, 0.05) is 24.7 Å². The number of rotatable bonds is 15. The van der Waals surface area contributed by atoms with E-state index in [-0.39, 0.29) is 24.5 Å². The second-order valence-electron chi connectivity index (χ2n) is 9.22. The standard InChI is InChI=1S/C25H36N6O6S/c1-14(2)21(26)24(35)29-18(8-9-38-3)22(33)30-19(11-16-12-27-13-28-16)23(34)31-20(25(36)37)10-15-4-6-17(32)7-5-15/h4-7,12-14,18-21,32H,8-11,26H2,1-3H3,(H,27,28)(H,29,35)(H,30,33)(H,31,34)(H,36,37). The number of H-pyrrole nitrogens is 1. The maximum absolute atomic E-state index is 13.2. The molecule has 38 heavy (non-hydrogen) atoms. The van der Waals surface area contributed by atoms with Crippen molar-refractivity contribution in [1.82, 2.24) is 25.9 Å². The number of amides is 3. The number of thioether (sulfide) groups is 1. The summed E-state index contributed by atoms with van der Waals surface area (Å²) >= 11 is 1.50. The molecule has 3 amide bonds. The molecular formula is C25H36N6O6S. The second kappa shape index (κ2) is 15.0. The van der Waals surface area contributed by atoms with Gasteiger partial charge in [0.15, 0.2) is 0 Å². The average molecular weight is 549 g/mol. The summed E-state index contributed by atoms with van der Waals surface area (Å²) in [4.78, 5) is 57.7. The van der Waals surface area contributed by atoms with Gasteiger partial charge in [0.2, 0.25) is 17.7 Å². The molecule has 1 aromatic carbocycles. The van der Waals surface area contributed by atoms with Gasteiger partial charge in [0.25, 0.3) is 0 Å². The number of carbonyl (C=O) groups is 4. The van der Waals surface area contributed by atoms with Crippen molar-refractivity contribution in [2.24, 2.45) is 11.7 Å². The van der Waals surface area contributed by atoms with Crippen LogP contribution in [0.4, 0.5) is 0 Å². The molecule has 0 saturated heterocycles. The number of imidazole rings is 1. The molecule has 0 saturated carbocycles. The zero-order chi connectivity index (χ0) is 28.2. The van der Waals surface area contributed by atoms with Crippen LogP contribution in [0.25, 0.3) is 0 Å². The van der Waals surface area contributed by atoms with Crippen LogP contribution < -0.4 is 21.7 Å². The molecule has 0 radical (unpaired) electrons. The van der Waals surface area contributed by atoms with E-state index in [1.807, 2.05) is 6.26 Å². The van der Waals surface area contributed by atoms with Crippen LogP contribution in [-0.4, -0.2) is 80.0 Å². The lowest BCUT2D eigenvalue weighted by Gasteiger charge is -2.25. The van der Waals surface area contributed by atoms with Gasteiger partial charge in [0.05, 0.1) is 12.4 Å². The van der Waals surface area contributed by atoms with E-state index in [1.165, 1.54) is 36.4 Å². The number of carbonyl (C=O) groups excluding carboxylic acids is 3. The average Bonchev–Trinajstić information content (AvgIpc) is 3.39. The molecule has 1 aromatic heterocycles. The Kier molecular flexibility index (Phi) is 12.1. The van der Waals surface area contributed by atoms with Gasteiger partial charge in [0.1, 0.15) is 23.9 Å². The topological polar surface area (TPSA) is 200 Å². The Morgan fingerprint density at radius 3 is 2.13 bits per heavy atom. The van der Waals surface area contributed by atoms with Crippen LogP contribution in [-0.2, 0) is 32.0 Å². The van der Waals surface area contributed by atoms with E-state index in [4.69, 9.17) is 5.73 Å². The molecular weight excluding hydrogens is 512 g/mol. The summed E-state index contributed by atoms with van der Waals surface area (Å²) in [7, 11) is 0. The second-order valence-corrected chi connectivity index (χ2v) is 10.2. The summed E-state index contributed by atoms with van der Waals surface area (Å²) in [5, 5.41) is 27.0. The highest BCUT2D eigenvalue weighted by molar-refractivity contribution is 7.98. The van der Waals surface area contributed by atoms with E-state index in [1.54, 1.807) is 26.0 Å². The van der Waals surface area contributed by atoms with E-state index >= 15 is 0 Å². The number of phenolic OH excluding ortho intramolecular Hbond substituents is 1. The molecule has 0 fully saturated rings. The number of benzene rings is 1. The first kappa shape index (κ1) is 30.6. The molecule has 0 aliphatic rings. The first-order valence-corrected chi connectivity index (χ1v) is 13.5. The lowest BCUT2D eigenvalue weighted by Crippen LogP contribution is -2.58. The molecule has 2 aromatic rings. The van der Waals surface area contributed by atoms with Crippen molar-refractivity contribution in [3.63, 3.8) is 0 Å². The number of nitrogens with one attached hydrogen (secondary N) is 4. The van der Waals surface area contributed by atoms with Gasteiger partial charge in [-0.15, -0.1) is 0 Å². The van der Waals surface area contributed by atoms with E-state index in [0.29, 0.717) is 23.4 Å². The molecule has 1 heterocycles. The third-order valence-corrected chi connectivity index (χ3v) is 6.51. The minimum Gasteiger partial charge on any atom is -0.508 e. The van der Waals surface area contributed by atoms with Crippen molar-refractivity contribution in [2.75, 3.05) is 12.0 Å². The van der Waals surface area contributed by atoms with Crippen molar-refractivity contribution in [3.05, 3.63) is 48.0 Å². The lowest BCUT2D eigenvalue weighted by atomic mass is 10.0. The number of aliphatic carboxylic acids is 1. The fraction of sp³-hybridized carbons (Fsp3) is 0.480. The molecule has 8 N–H and O–H groups in total. The van der Waals surface area contributed by atoms with Crippen molar-refractivity contribution in [2.45, 2.75) is 57.3 Å². The van der Waals surface area contributed by atoms with Crippen LogP contribution in [0.3, 0.4) is 0 Å². The maximum Gasteiger partial charge on any atom is 0.326 e. The van der Waals surface area contributed by atoms with Crippen molar-refractivity contribution < 1.29 is 29.4 Å². The van der Waals surface area contributed by atoms with Crippen LogP contribution in [0, 0.1) is 5.92 Å². The summed E-state index contributed by atoms with van der Waals surface area (Å²) in [5.74, 6) is -2.58. The molecule has 0 aliphatic carbocycles. The summed E-state index contributed by atoms with van der Waals surface area (Å²) in [6, 6.07) is 1.77. The highest BCUT2D eigenvalue weighted by Gasteiger charge is 2.31. The SMILES string of the molecule is CSCCC(NC(=O)C(N)C(C)C)C(=O)NC(Cc1cnc[nH]1)C(=O)NC(Cc1ccc(O)cc1)C(=O)O. The predicted molar refractivity (Wildman–Crippen MR) is 143 cm³/mol. The Hall–Kier alpha value is -3.58. The van der Waals surface area contributed by atoms with Gasteiger partial charge in [-0.2, -0.15) is 11.8 Å². The minimum absolute atomic E-state index is 0.0117. The van der Waals surface area contributed by atoms with E-state index in [2.05, 4.69) is 25.9 Å². The molecule has 0 spiro atoms. The number of hydrogen-bond acceptors (Lipinski definition) is 8. The number of aromatic hydroxyl groups is 1. The Balaban J connectivity index is 2.20. The van der Waals surface area contributed by atoms with Gasteiger partial charge >= 0.3 is 5.97 Å². The minimum atomic E-state index is -1.29. The highest BCUT2D eigenvalue weighted by atomic mass is 32.2. The summed E-state index contributed by atoms with van der Waals surface area (Å²) < 4.78 is 0. The molecule has 13 heteroatoms. The molecule has 208 valence electrons. The molecule has 4 unspecified atom stereocenters. The number of carboxylic acids is 1. The van der Waals surface area contributed by atoms with Crippen molar-refractivity contribution >= 4 is 35.5 Å². The fourth-order valence-electron chi connectivity index (χ4n) is 3.51. The van der Waals surface area contributed by atoms with Gasteiger partial charge in [-0.3, -0.25) is 14.4 Å². The van der Waals surface area contributed by atoms with Crippen LogP contribution in [0.15, 0.2) is 36.8 Å². The van der Waals surface area contributed by atoms with Crippen LogP contribution in [0.1, 0.15) is 31.5 Å². The maximum atomic E-state index is 13.2. The zero-order valence-electron chi connectivity index (χ0n) is 21.6. The number of hydrogen-bond donors (Lipinski definition) is 7. The number of carboxylic acid groups (broad SMARTS) is 1. The van der Waals surface area contributed by atoms with Gasteiger partial charge in [-0.25, -0.2) is 9.78 Å². The largest absolute Gasteiger partial charge is 0.508 e. The van der Waals surface area contributed by atoms with Crippen LogP contribution in [0.2, 0.25) is 0 Å². The van der Waals surface area contributed by atoms with Gasteiger partial charge in [-0.05, 0) is 42.0 Å². The molecule has 0 aliphatic heterocycles. The Labute approximate surface area is 225 Å².